The highest BCUT2D eigenvalue weighted by atomic mass is 16.6. The molecule has 0 fully saturated rings. The Balaban J connectivity index is 1.42. The fraction of sp³-hybridized carbons (Fsp3) is 0.0476. The number of aromatic nitrogens is 3. The highest BCUT2D eigenvalue weighted by molar-refractivity contribution is 6.02. The van der Waals surface area contributed by atoms with Crippen LogP contribution in [-0.4, -0.2) is 25.8 Å². The Morgan fingerprint density at radius 2 is 1.66 bits per heavy atom. The van der Waals surface area contributed by atoms with Crippen LogP contribution >= 0.6 is 0 Å². The Bertz CT molecular complexity index is 1260. The molecule has 0 spiro atoms. The minimum absolute atomic E-state index is 0.150. The maximum atomic E-state index is 12.2. The summed E-state index contributed by atoms with van der Waals surface area (Å²) in [6.45, 7) is 1.78. The number of benzene rings is 1. The van der Waals surface area contributed by atoms with Crippen LogP contribution in [0.5, 0.6) is 0 Å². The first-order valence-corrected chi connectivity index (χ1v) is 9.43. The van der Waals surface area contributed by atoms with Crippen molar-refractivity contribution in [1.29, 1.82) is 0 Å². The van der Waals surface area contributed by atoms with Gasteiger partial charge in [-0.1, -0.05) is 6.07 Å². The van der Waals surface area contributed by atoms with Gasteiger partial charge in [-0.25, -0.2) is 15.0 Å². The molecular formula is C21H17N7O4. The lowest BCUT2D eigenvalue weighted by atomic mass is 10.2. The van der Waals surface area contributed by atoms with Crippen molar-refractivity contribution in [3.05, 3.63) is 88.6 Å². The van der Waals surface area contributed by atoms with Crippen molar-refractivity contribution in [2.75, 3.05) is 16.0 Å². The second-order valence-corrected chi connectivity index (χ2v) is 6.58. The lowest BCUT2D eigenvalue weighted by molar-refractivity contribution is -0.402. The Morgan fingerprint density at radius 3 is 2.31 bits per heavy atom. The number of hydrogen-bond acceptors (Lipinski definition) is 9. The zero-order chi connectivity index (χ0) is 22.5. The van der Waals surface area contributed by atoms with Gasteiger partial charge in [0.1, 0.15) is 28.2 Å². The van der Waals surface area contributed by atoms with Crippen molar-refractivity contribution in [1.82, 2.24) is 15.0 Å². The van der Waals surface area contributed by atoms with Gasteiger partial charge >= 0.3 is 5.88 Å². The number of nitrogens with one attached hydrogen (secondary N) is 3. The van der Waals surface area contributed by atoms with Crippen LogP contribution in [0.3, 0.4) is 0 Å². The molecule has 4 rings (SSSR count). The lowest BCUT2D eigenvalue weighted by Crippen LogP contribution is -2.10. The molecule has 3 heterocycles. The molecular weight excluding hydrogens is 414 g/mol. The number of carbonyl (C=O) groups excluding carboxylic acids is 1. The summed E-state index contributed by atoms with van der Waals surface area (Å²) >= 11 is 0. The van der Waals surface area contributed by atoms with Gasteiger partial charge in [0.05, 0.1) is 6.07 Å². The molecule has 0 aliphatic carbocycles. The quantitative estimate of drug-likeness (QED) is 0.285. The Kier molecular flexibility index (Phi) is 5.70. The minimum Gasteiger partial charge on any atom is -0.395 e. The first-order valence-electron chi connectivity index (χ1n) is 9.43. The van der Waals surface area contributed by atoms with Gasteiger partial charge in [0.25, 0.3) is 5.91 Å². The van der Waals surface area contributed by atoms with E-state index in [9.17, 15) is 14.9 Å². The summed E-state index contributed by atoms with van der Waals surface area (Å²) in [6, 6.07) is 16.5. The molecule has 11 heteroatoms. The van der Waals surface area contributed by atoms with Crippen LogP contribution in [0, 0.1) is 17.0 Å². The first-order chi connectivity index (χ1) is 15.5. The van der Waals surface area contributed by atoms with Gasteiger partial charge in [0.15, 0.2) is 5.76 Å². The summed E-state index contributed by atoms with van der Waals surface area (Å²) in [6.07, 6.45) is 1.68. The van der Waals surface area contributed by atoms with Crippen LogP contribution < -0.4 is 16.0 Å². The standard InChI is InChI=1S/C21H17N7O4/c1-13-23-18(12-19(24-13)27-17-4-2-3-11-22-17)25-14-5-7-15(8-6-14)26-21(29)16-9-10-20(32-16)28(30)31/h2-12H,1H3,(H,26,29)(H2,22,23,24,25,27). The van der Waals surface area contributed by atoms with E-state index >= 15 is 0 Å². The molecule has 0 aliphatic heterocycles. The van der Waals surface area contributed by atoms with Crippen molar-refractivity contribution in [2.45, 2.75) is 6.92 Å². The summed E-state index contributed by atoms with van der Waals surface area (Å²) in [7, 11) is 0. The predicted molar refractivity (Wildman–Crippen MR) is 117 cm³/mol. The average Bonchev–Trinajstić information content (AvgIpc) is 3.26. The van der Waals surface area contributed by atoms with E-state index in [4.69, 9.17) is 4.42 Å². The number of anilines is 5. The monoisotopic (exact) mass is 431 g/mol. The van der Waals surface area contributed by atoms with Crippen molar-refractivity contribution in [3.63, 3.8) is 0 Å². The lowest BCUT2D eigenvalue weighted by Gasteiger charge is -2.10. The zero-order valence-corrected chi connectivity index (χ0v) is 16.8. The van der Waals surface area contributed by atoms with Gasteiger partial charge < -0.3 is 20.4 Å². The smallest absolute Gasteiger partial charge is 0.395 e. The van der Waals surface area contributed by atoms with Crippen LogP contribution in [-0.2, 0) is 0 Å². The fourth-order valence-electron chi connectivity index (χ4n) is 2.79. The van der Waals surface area contributed by atoms with Crippen molar-refractivity contribution in [3.8, 4) is 0 Å². The second kappa shape index (κ2) is 8.92. The molecule has 4 aromatic rings. The molecule has 1 aromatic carbocycles. The average molecular weight is 431 g/mol. The van der Waals surface area contributed by atoms with Crippen LogP contribution in [0.2, 0.25) is 0 Å². The molecule has 3 aromatic heterocycles. The van der Waals surface area contributed by atoms with Gasteiger partial charge in [-0.05, 0) is 49.4 Å². The maximum Gasteiger partial charge on any atom is 0.433 e. The normalized spacial score (nSPS) is 10.4. The maximum absolute atomic E-state index is 12.2. The summed E-state index contributed by atoms with van der Waals surface area (Å²) in [5, 5.41) is 19.6. The largest absolute Gasteiger partial charge is 0.433 e. The fourth-order valence-corrected chi connectivity index (χ4v) is 2.79. The van der Waals surface area contributed by atoms with E-state index in [1.54, 1.807) is 43.5 Å². The number of aryl methyl sites for hydroxylation is 1. The summed E-state index contributed by atoms with van der Waals surface area (Å²) in [5.41, 5.74) is 1.23. The van der Waals surface area contributed by atoms with Gasteiger partial charge in [0, 0.05) is 23.6 Å². The number of nitrogens with zero attached hydrogens (tertiary/aromatic N) is 4. The van der Waals surface area contributed by atoms with E-state index in [-0.39, 0.29) is 5.76 Å². The highest BCUT2D eigenvalue weighted by Crippen LogP contribution is 2.22. The van der Waals surface area contributed by atoms with Crippen LogP contribution in [0.15, 0.2) is 71.3 Å². The first kappa shape index (κ1) is 20.5. The summed E-state index contributed by atoms with van der Waals surface area (Å²) < 4.78 is 4.90. The second-order valence-electron chi connectivity index (χ2n) is 6.58. The Labute approximate surface area is 181 Å². The van der Waals surface area contributed by atoms with Crippen LogP contribution in [0.4, 0.5) is 34.7 Å². The topological polar surface area (TPSA) is 148 Å². The Hall–Kier alpha value is -4.80. The van der Waals surface area contributed by atoms with E-state index in [2.05, 4.69) is 30.9 Å². The highest BCUT2D eigenvalue weighted by Gasteiger charge is 2.17. The number of rotatable bonds is 7. The SMILES string of the molecule is Cc1nc(Nc2ccc(NC(=O)c3ccc([N+](=O)[O-])o3)cc2)cc(Nc2ccccn2)n1. The molecule has 0 bridgehead atoms. The number of hydrogen-bond donors (Lipinski definition) is 3. The summed E-state index contributed by atoms with van der Waals surface area (Å²) in [5.74, 6) is 1.18. The van der Waals surface area contributed by atoms with Crippen LogP contribution in [0.25, 0.3) is 0 Å². The Morgan fingerprint density at radius 1 is 0.938 bits per heavy atom. The molecule has 0 saturated heterocycles. The van der Waals surface area contributed by atoms with Gasteiger partial charge in [0.2, 0.25) is 0 Å². The van der Waals surface area contributed by atoms with E-state index in [1.165, 1.54) is 6.07 Å². The predicted octanol–water partition coefficient (Wildman–Crippen LogP) is 4.42. The van der Waals surface area contributed by atoms with Crippen molar-refractivity contribution < 1.29 is 14.1 Å². The zero-order valence-electron chi connectivity index (χ0n) is 16.8. The van der Waals surface area contributed by atoms with E-state index < -0.39 is 16.7 Å². The number of furan rings is 1. The molecule has 0 saturated carbocycles. The summed E-state index contributed by atoms with van der Waals surface area (Å²) in [4.78, 5) is 35.1. The molecule has 1 amide bonds. The van der Waals surface area contributed by atoms with E-state index in [1.807, 2.05) is 18.2 Å². The third-order valence-electron chi connectivity index (χ3n) is 4.17. The van der Waals surface area contributed by atoms with Gasteiger partial charge in [-0.15, -0.1) is 0 Å². The van der Waals surface area contributed by atoms with Crippen LogP contribution in [0.1, 0.15) is 16.4 Å². The van der Waals surface area contributed by atoms with Crippen molar-refractivity contribution >= 4 is 40.6 Å². The van der Waals surface area contributed by atoms with Gasteiger partial charge in [-0.3, -0.25) is 14.9 Å². The molecule has 0 unspecified atom stereocenters. The molecule has 3 N–H and O–H groups in total. The van der Waals surface area contributed by atoms with E-state index in [0.29, 0.717) is 29.0 Å². The molecule has 160 valence electrons. The number of carbonyl (C=O) groups is 1. The molecule has 11 nitrogen and oxygen atoms in total. The molecule has 0 atom stereocenters. The number of nitro groups is 1. The third kappa shape index (κ3) is 5.02. The van der Waals surface area contributed by atoms with Crippen molar-refractivity contribution in [2.24, 2.45) is 0 Å². The number of pyridine rings is 1. The molecule has 32 heavy (non-hydrogen) atoms. The number of amides is 1. The van der Waals surface area contributed by atoms with Gasteiger partial charge in [-0.2, -0.15) is 0 Å². The third-order valence-corrected chi connectivity index (χ3v) is 4.17. The molecule has 0 radical (unpaired) electrons. The minimum atomic E-state index is -0.705. The molecule has 0 aliphatic rings. The van der Waals surface area contributed by atoms with E-state index in [0.717, 1.165) is 11.8 Å².